The highest BCUT2D eigenvalue weighted by atomic mass is 19.1. The zero-order chi connectivity index (χ0) is 15.4. The first-order chi connectivity index (χ1) is 9.99. The average Bonchev–Trinajstić information content (AvgIpc) is 2.95. The molecule has 1 aromatic rings. The van der Waals surface area contributed by atoms with Gasteiger partial charge in [-0.1, -0.05) is 18.2 Å². The predicted molar refractivity (Wildman–Crippen MR) is 79.1 cm³/mol. The Morgan fingerprint density at radius 2 is 2.19 bits per heavy atom. The number of aliphatic hydroxyl groups is 1. The Hall–Kier alpha value is -1.46. The van der Waals surface area contributed by atoms with E-state index in [1.807, 2.05) is 6.92 Å². The molecule has 0 radical (unpaired) electrons. The third-order valence-electron chi connectivity index (χ3n) is 4.28. The van der Waals surface area contributed by atoms with E-state index >= 15 is 0 Å². The molecule has 1 fully saturated rings. The molecule has 0 spiro atoms. The zero-order valence-electron chi connectivity index (χ0n) is 12.6. The Kier molecular flexibility index (Phi) is 5.31. The molecule has 1 aliphatic rings. The molecular formula is C16H23FN2O2. The van der Waals surface area contributed by atoms with Crippen molar-refractivity contribution in [2.24, 2.45) is 5.92 Å². The fraction of sp³-hybridized carbons (Fsp3) is 0.562. The van der Waals surface area contributed by atoms with Gasteiger partial charge < -0.3 is 10.4 Å². The van der Waals surface area contributed by atoms with Crippen LogP contribution in [0.3, 0.4) is 0 Å². The van der Waals surface area contributed by atoms with E-state index in [1.165, 1.54) is 6.07 Å². The van der Waals surface area contributed by atoms with E-state index in [0.717, 1.165) is 19.5 Å². The van der Waals surface area contributed by atoms with Gasteiger partial charge in [0.2, 0.25) is 5.91 Å². The predicted octanol–water partition coefficient (Wildman–Crippen LogP) is 1.53. The van der Waals surface area contributed by atoms with Crippen LogP contribution >= 0.6 is 0 Å². The first-order valence-electron chi connectivity index (χ1n) is 7.42. The highest BCUT2D eigenvalue weighted by Crippen LogP contribution is 2.21. The maximum Gasteiger partial charge on any atom is 0.237 e. The first kappa shape index (κ1) is 15.9. The molecule has 2 N–H and O–H groups in total. The minimum atomic E-state index is -0.344. The highest BCUT2D eigenvalue weighted by Gasteiger charge is 2.31. The van der Waals surface area contributed by atoms with Gasteiger partial charge in [-0.3, -0.25) is 9.69 Å². The number of halogens is 1. The van der Waals surface area contributed by atoms with Crippen LogP contribution in [0.1, 0.15) is 25.8 Å². The molecule has 3 atom stereocenters. The fourth-order valence-electron chi connectivity index (χ4n) is 2.70. The minimum absolute atomic E-state index is 0.107. The summed E-state index contributed by atoms with van der Waals surface area (Å²) >= 11 is 0. The minimum Gasteiger partial charge on any atom is -0.393 e. The van der Waals surface area contributed by atoms with Crippen LogP contribution in [-0.2, 0) is 11.3 Å². The number of carbonyl (C=O) groups excluding carboxylic acids is 1. The molecule has 0 bridgehead atoms. The van der Waals surface area contributed by atoms with Gasteiger partial charge in [0.15, 0.2) is 0 Å². The van der Waals surface area contributed by atoms with E-state index in [9.17, 15) is 14.3 Å². The monoisotopic (exact) mass is 294 g/mol. The van der Waals surface area contributed by atoms with Crippen LogP contribution < -0.4 is 5.32 Å². The van der Waals surface area contributed by atoms with E-state index < -0.39 is 0 Å². The summed E-state index contributed by atoms with van der Waals surface area (Å²) in [6.45, 7) is 5.37. The van der Waals surface area contributed by atoms with Gasteiger partial charge in [0.05, 0.1) is 12.1 Å². The van der Waals surface area contributed by atoms with Crippen LogP contribution in [0.15, 0.2) is 24.3 Å². The second-order valence-electron chi connectivity index (χ2n) is 5.77. The van der Waals surface area contributed by atoms with Crippen LogP contribution in [0.4, 0.5) is 4.39 Å². The van der Waals surface area contributed by atoms with E-state index in [-0.39, 0.29) is 36.3 Å². The number of nitrogens with zero attached hydrogens (tertiary/aromatic N) is 1. The van der Waals surface area contributed by atoms with Crippen LogP contribution in [-0.4, -0.2) is 41.1 Å². The fourth-order valence-corrected chi connectivity index (χ4v) is 2.70. The molecule has 2 rings (SSSR count). The number of hydrogen-bond acceptors (Lipinski definition) is 3. The van der Waals surface area contributed by atoms with Crippen molar-refractivity contribution in [1.82, 2.24) is 10.2 Å². The van der Waals surface area contributed by atoms with Crippen molar-refractivity contribution in [3.63, 3.8) is 0 Å². The van der Waals surface area contributed by atoms with Crippen LogP contribution in [0.5, 0.6) is 0 Å². The largest absolute Gasteiger partial charge is 0.393 e. The third kappa shape index (κ3) is 4.02. The standard InChI is InChI=1S/C16H23FN2O2/c1-11(19-8-7-14(10-19)12(2)20)16(21)18-9-13-5-3-4-6-15(13)17/h3-6,11-12,14,20H,7-10H2,1-2H3,(H,18,21). The number of nitrogens with one attached hydrogen (secondary N) is 1. The van der Waals surface area contributed by atoms with Crippen molar-refractivity contribution in [2.45, 2.75) is 39.0 Å². The summed E-state index contributed by atoms with van der Waals surface area (Å²) in [6.07, 6.45) is 0.562. The SMILES string of the molecule is CC(O)C1CCN(C(C)C(=O)NCc2ccccc2F)C1. The Bertz CT molecular complexity index is 493. The third-order valence-corrected chi connectivity index (χ3v) is 4.28. The van der Waals surface area contributed by atoms with E-state index in [0.29, 0.717) is 5.56 Å². The Morgan fingerprint density at radius 1 is 1.48 bits per heavy atom. The molecule has 3 unspecified atom stereocenters. The van der Waals surface area contributed by atoms with Crippen LogP contribution in [0.25, 0.3) is 0 Å². The Morgan fingerprint density at radius 3 is 2.81 bits per heavy atom. The summed E-state index contributed by atoms with van der Waals surface area (Å²) in [5.41, 5.74) is 0.487. The molecule has 1 amide bonds. The first-order valence-corrected chi connectivity index (χ1v) is 7.42. The van der Waals surface area contributed by atoms with Gasteiger partial charge in [-0.15, -0.1) is 0 Å². The van der Waals surface area contributed by atoms with Gasteiger partial charge in [-0.25, -0.2) is 4.39 Å². The van der Waals surface area contributed by atoms with E-state index in [2.05, 4.69) is 10.2 Å². The second kappa shape index (κ2) is 7.00. The maximum atomic E-state index is 13.5. The molecule has 1 aliphatic heterocycles. The molecule has 5 heteroatoms. The summed E-state index contributed by atoms with van der Waals surface area (Å²) in [4.78, 5) is 14.2. The number of rotatable bonds is 5. The number of benzene rings is 1. The molecule has 1 saturated heterocycles. The molecule has 0 saturated carbocycles. The second-order valence-corrected chi connectivity index (χ2v) is 5.77. The van der Waals surface area contributed by atoms with E-state index in [4.69, 9.17) is 0 Å². The van der Waals surface area contributed by atoms with Crippen molar-refractivity contribution in [2.75, 3.05) is 13.1 Å². The Labute approximate surface area is 125 Å². The highest BCUT2D eigenvalue weighted by molar-refractivity contribution is 5.81. The van der Waals surface area contributed by atoms with Gasteiger partial charge in [0.25, 0.3) is 0 Å². The molecule has 0 aromatic heterocycles. The number of carbonyl (C=O) groups is 1. The lowest BCUT2D eigenvalue weighted by molar-refractivity contribution is -0.125. The van der Waals surface area contributed by atoms with Crippen LogP contribution in [0, 0.1) is 11.7 Å². The van der Waals surface area contributed by atoms with Crippen LogP contribution in [0.2, 0.25) is 0 Å². The number of amides is 1. The lowest BCUT2D eigenvalue weighted by atomic mass is 10.0. The number of hydrogen-bond donors (Lipinski definition) is 2. The summed E-state index contributed by atoms with van der Waals surface area (Å²) < 4.78 is 13.5. The summed E-state index contributed by atoms with van der Waals surface area (Å²) in [5, 5.41) is 12.4. The van der Waals surface area contributed by atoms with E-state index in [1.54, 1.807) is 25.1 Å². The molecule has 0 aliphatic carbocycles. The van der Waals surface area contributed by atoms with Gasteiger partial charge >= 0.3 is 0 Å². The molecule has 4 nitrogen and oxygen atoms in total. The number of aliphatic hydroxyl groups excluding tert-OH is 1. The Balaban J connectivity index is 1.85. The zero-order valence-corrected chi connectivity index (χ0v) is 12.6. The maximum absolute atomic E-state index is 13.5. The summed E-state index contributed by atoms with van der Waals surface area (Å²) in [7, 11) is 0. The molecule has 21 heavy (non-hydrogen) atoms. The summed E-state index contributed by atoms with van der Waals surface area (Å²) in [6, 6.07) is 6.17. The summed E-state index contributed by atoms with van der Waals surface area (Å²) in [5.74, 6) is -0.183. The molecule has 1 aromatic carbocycles. The van der Waals surface area contributed by atoms with Crippen molar-refractivity contribution >= 4 is 5.91 Å². The quantitative estimate of drug-likeness (QED) is 0.866. The average molecular weight is 294 g/mol. The normalized spacial score (nSPS) is 22.0. The van der Waals surface area contributed by atoms with Gasteiger partial charge in [-0.2, -0.15) is 0 Å². The molecule has 1 heterocycles. The molecular weight excluding hydrogens is 271 g/mol. The van der Waals surface area contributed by atoms with Crippen molar-refractivity contribution < 1.29 is 14.3 Å². The number of likely N-dealkylation sites (tertiary alicyclic amines) is 1. The van der Waals surface area contributed by atoms with Crippen molar-refractivity contribution in [3.05, 3.63) is 35.6 Å². The van der Waals surface area contributed by atoms with Crippen molar-refractivity contribution in [1.29, 1.82) is 0 Å². The van der Waals surface area contributed by atoms with Crippen molar-refractivity contribution in [3.8, 4) is 0 Å². The van der Waals surface area contributed by atoms with Gasteiger partial charge in [0, 0.05) is 18.7 Å². The lowest BCUT2D eigenvalue weighted by Crippen LogP contribution is -2.44. The lowest BCUT2D eigenvalue weighted by Gasteiger charge is -2.24. The van der Waals surface area contributed by atoms with Gasteiger partial charge in [-0.05, 0) is 38.8 Å². The van der Waals surface area contributed by atoms with Gasteiger partial charge in [0.1, 0.15) is 5.82 Å². The molecule has 116 valence electrons. The smallest absolute Gasteiger partial charge is 0.237 e. The topological polar surface area (TPSA) is 52.6 Å².